The zero-order chi connectivity index (χ0) is 14.3. The van der Waals surface area contributed by atoms with Crippen molar-refractivity contribution in [1.29, 1.82) is 0 Å². The van der Waals surface area contributed by atoms with Gasteiger partial charge in [-0.2, -0.15) is 11.8 Å². The van der Waals surface area contributed by atoms with Crippen LogP contribution in [0.15, 0.2) is 0 Å². The van der Waals surface area contributed by atoms with Gasteiger partial charge in [0.1, 0.15) is 0 Å². The van der Waals surface area contributed by atoms with Crippen molar-refractivity contribution in [2.75, 3.05) is 19.3 Å². The number of carbonyl (C=O) groups is 2. The molecule has 1 unspecified atom stereocenters. The van der Waals surface area contributed by atoms with Gasteiger partial charge in [-0.3, -0.25) is 4.79 Å². The maximum absolute atomic E-state index is 11.5. The Labute approximate surface area is 113 Å². The molecule has 5 nitrogen and oxygen atoms in total. The molecule has 0 aromatic heterocycles. The molecule has 6 heteroatoms. The monoisotopic (exact) mass is 276 g/mol. The van der Waals surface area contributed by atoms with Gasteiger partial charge in [0.05, 0.1) is 5.92 Å². The van der Waals surface area contributed by atoms with Crippen LogP contribution in [0.4, 0.5) is 4.79 Å². The van der Waals surface area contributed by atoms with E-state index >= 15 is 0 Å². The molecule has 0 fully saturated rings. The highest BCUT2D eigenvalue weighted by atomic mass is 32.2. The quantitative estimate of drug-likeness (QED) is 0.662. The highest BCUT2D eigenvalue weighted by molar-refractivity contribution is 7.99. The minimum absolute atomic E-state index is 0.00885. The minimum atomic E-state index is -0.880. The lowest BCUT2D eigenvalue weighted by Crippen LogP contribution is -2.45. The van der Waals surface area contributed by atoms with Gasteiger partial charge in [0, 0.05) is 17.8 Å². The summed E-state index contributed by atoms with van der Waals surface area (Å²) in [6.07, 6.45) is 1.98. The molecule has 0 radical (unpaired) electrons. The molecule has 0 aromatic carbocycles. The Balaban J connectivity index is 4.07. The van der Waals surface area contributed by atoms with Crippen LogP contribution in [0.25, 0.3) is 0 Å². The summed E-state index contributed by atoms with van der Waals surface area (Å²) in [5.41, 5.74) is 0. The second-order valence-electron chi connectivity index (χ2n) is 5.22. The molecular weight excluding hydrogens is 252 g/mol. The van der Waals surface area contributed by atoms with Gasteiger partial charge in [-0.25, -0.2) is 4.79 Å². The van der Waals surface area contributed by atoms with Crippen molar-refractivity contribution >= 4 is 23.8 Å². The number of urea groups is 1. The number of carboxylic acid groups (broad SMARTS) is 1. The number of hydrogen-bond acceptors (Lipinski definition) is 3. The van der Waals surface area contributed by atoms with Crippen LogP contribution in [-0.2, 0) is 4.79 Å². The number of carbonyl (C=O) groups excluding carboxylic acids is 1. The average Bonchev–Trinajstić information content (AvgIpc) is 2.26. The van der Waals surface area contributed by atoms with Crippen molar-refractivity contribution in [1.82, 2.24) is 10.6 Å². The zero-order valence-corrected chi connectivity index (χ0v) is 12.6. The molecule has 2 amide bonds. The Bertz CT molecular complexity index is 293. The van der Waals surface area contributed by atoms with Crippen molar-refractivity contribution in [2.24, 2.45) is 11.8 Å². The predicted molar refractivity (Wildman–Crippen MR) is 75.0 cm³/mol. The summed E-state index contributed by atoms with van der Waals surface area (Å²) in [4.78, 5) is 22.5. The van der Waals surface area contributed by atoms with Crippen molar-refractivity contribution < 1.29 is 14.7 Å². The van der Waals surface area contributed by atoms with Crippen LogP contribution in [0.1, 0.15) is 27.7 Å². The van der Waals surface area contributed by atoms with E-state index in [-0.39, 0.29) is 23.2 Å². The van der Waals surface area contributed by atoms with Gasteiger partial charge in [-0.05, 0) is 26.0 Å². The number of amides is 2. The fourth-order valence-corrected chi connectivity index (χ4v) is 1.46. The number of hydrogen-bond donors (Lipinski definition) is 3. The normalized spacial score (nSPS) is 13.2. The fourth-order valence-electron chi connectivity index (χ4n) is 1.24. The number of rotatable bonds is 7. The van der Waals surface area contributed by atoms with E-state index in [1.807, 2.05) is 34.0 Å². The first-order valence-electron chi connectivity index (χ1n) is 5.99. The summed E-state index contributed by atoms with van der Waals surface area (Å²) in [6.45, 7) is 8.42. The second kappa shape index (κ2) is 7.51. The molecular formula is C12H24N2O3S. The van der Waals surface area contributed by atoms with E-state index in [1.165, 1.54) is 0 Å². The van der Waals surface area contributed by atoms with Gasteiger partial charge in [-0.15, -0.1) is 0 Å². The number of nitrogens with one attached hydrogen (secondary N) is 2. The molecule has 0 rings (SSSR count). The summed E-state index contributed by atoms with van der Waals surface area (Å²) < 4.78 is -0.0262. The first-order valence-corrected chi connectivity index (χ1v) is 7.21. The third kappa shape index (κ3) is 6.74. The van der Waals surface area contributed by atoms with Gasteiger partial charge in [0.2, 0.25) is 0 Å². The van der Waals surface area contributed by atoms with Gasteiger partial charge >= 0.3 is 12.0 Å². The van der Waals surface area contributed by atoms with Crippen molar-refractivity contribution in [3.8, 4) is 0 Å². The average molecular weight is 276 g/mol. The Morgan fingerprint density at radius 2 is 1.83 bits per heavy atom. The van der Waals surface area contributed by atoms with Crippen LogP contribution in [0.3, 0.4) is 0 Å². The molecule has 0 saturated carbocycles. The first kappa shape index (κ1) is 17.1. The maximum atomic E-state index is 11.5. The van der Waals surface area contributed by atoms with E-state index in [1.54, 1.807) is 11.8 Å². The number of carboxylic acids is 1. The third-order valence-electron chi connectivity index (χ3n) is 2.83. The van der Waals surface area contributed by atoms with Crippen LogP contribution in [0.2, 0.25) is 0 Å². The molecule has 0 heterocycles. The molecule has 0 aliphatic carbocycles. The smallest absolute Gasteiger partial charge is 0.314 e. The second-order valence-corrected chi connectivity index (χ2v) is 6.73. The van der Waals surface area contributed by atoms with E-state index in [9.17, 15) is 9.59 Å². The lowest BCUT2D eigenvalue weighted by molar-refractivity contribution is -0.142. The van der Waals surface area contributed by atoms with Crippen LogP contribution >= 0.6 is 11.8 Å². The van der Waals surface area contributed by atoms with Crippen molar-refractivity contribution in [3.63, 3.8) is 0 Å². The highest BCUT2D eigenvalue weighted by Crippen LogP contribution is 2.19. The topological polar surface area (TPSA) is 78.4 Å². The molecule has 0 aliphatic rings. The van der Waals surface area contributed by atoms with Gasteiger partial charge in [-0.1, -0.05) is 13.8 Å². The predicted octanol–water partition coefficient (Wildman–Crippen LogP) is 1.78. The van der Waals surface area contributed by atoms with Gasteiger partial charge in [0.15, 0.2) is 0 Å². The Kier molecular flexibility index (Phi) is 7.13. The maximum Gasteiger partial charge on any atom is 0.314 e. The fraction of sp³-hybridized carbons (Fsp3) is 0.833. The van der Waals surface area contributed by atoms with Crippen molar-refractivity contribution in [3.05, 3.63) is 0 Å². The zero-order valence-electron chi connectivity index (χ0n) is 11.7. The van der Waals surface area contributed by atoms with Crippen LogP contribution in [0, 0.1) is 11.8 Å². The van der Waals surface area contributed by atoms with Gasteiger partial charge in [0.25, 0.3) is 0 Å². The minimum Gasteiger partial charge on any atom is -0.481 e. The Morgan fingerprint density at radius 3 is 2.22 bits per heavy atom. The molecule has 3 N–H and O–H groups in total. The van der Waals surface area contributed by atoms with E-state index < -0.39 is 11.9 Å². The summed E-state index contributed by atoms with van der Waals surface area (Å²) in [5.74, 6) is -1.44. The Hall–Kier alpha value is -0.910. The van der Waals surface area contributed by atoms with Crippen LogP contribution in [-0.4, -0.2) is 41.2 Å². The largest absolute Gasteiger partial charge is 0.481 e. The van der Waals surface area contributed by atoms with Crippen LogP contribution in [0.5, 0.6) is 0 Å². The molecule has 18 heavy (non-hydrogen) atoms. The first-order chi connectivity index (χ1) is 8.19. The SMILES string of the molecule is CSC(C)(C)CNC(=O)NCC(C(=O)O)C(C)C. The molecule has 106 valence electrons. The molecule has 0 spiro atoms. The molecule has 0 bridgehead atoms. The van der Waals surface area contributed by atoms with E-state index in [0.29, 0.717) is 6.54 Å². The highest BCUT2D eigenvalue weighted by Gasteiger charge is 2.22. The van der Waals surface area contributed by atoms with E-state index in [0.717, 1.165) is 0 Å². The summed E-state index contributed by atoms with van der Waals surface area (Å²) in [6, 6.07) is -0.316. The third-order valence-corrected chi connectivity index (χ3v) is 4.08. The van der Waals surface area contributed by atoms with Crippen molar-refractivity contribution in [2.45, 2.75) is 32.4 Å². The molecule has 0 aliphatic heterocycles. The lowest BCUT2D eigenvalue weighted by atomic mass is 9.96. The lowest BCUT2D eigenvalue weighted by Gasteiger charge is -2.23. The number of aliphatic carboxylic acids is 1. The molecule has 1 atom stereocenters. The van der Waals surface area contributed by atoms with E-state index in [2.05, 4.69) is 10.6 Å². The summed E-state index contributed by atoms with van der Waals surface area (Å²) >= 11 is 1.67. The Morgan fingerprint density at radius 1 is 1.28 bits per heavy atom. The number of thioether (sulfide) groups is 1. The summed E-state index contributed by atoms with van der Waals surface area (Å²) in [5, 5.41) is 14.3. The van der Waals surface area contributed by atoms with Crippen LogP contribution < -0.4 is 10.6 Å². The molecule has 0 saturated heterocycles. The standard InChI is InChI=1S/C12H24N2O3S/c1-8(2)9(10(15)16)6-13-11(17)14-7-12(3,4)18-5/h8-9H,6-7H2,1-5H3,(H,15,16)(H2,13,14,17). The van der Waals surface area contributed by atoms with Gasteiger partial charge < -0.3 is 15.7 Å². The van der Waals surface area contributed by atoms with E-state index in [4.69, 9.17) is 5.11 Å². The molecule has 0 aromatic rings. The summed E-state index contributed by atoms with van der Waals surface area (Å²) in [7, 11) is 0.